The van der Waals surface area contributed by atoms with Crippen LogP contribution in [0.1, 0.15) is 11.1 Å². The van der Waals surface area contributed by atoms with Crippen LogP contribution < -0.4 is 10.6 Å². The molecule has 1 aromatic heterocycles. The molecule has 3 N–H and O–H groups in total. The normalized spacial score (nSPS) is 10.8. The van der Waals surface area contributed by atoms with E-state index in [1.807, 2.05) is 6.20 Å². The maximum Gasteiger partial charge on any atom is 0.170 e. The van der Waals surface area contributed by atoms with Gasteiger partial charge in [-0.25, -0.2) is 8.78 Å². The van der Waals surface area contributed by atoms with Crippen LogP contribution in [0.3, 0.4) is 0 Å². The van der Waals surface area contributed by atoms with Gasteiger partial charge in [-0.05, 0) is 55.4 Å². The monoisotopic (exact) mass is 345 g/mol. The summed E-state index contributed by atoms with van der Waals surface area (Å²) in [5, 5.41) is 7.36. The first-order valence-corrected chi connectivity index (χ1v) is 7.99. The van der Waals surface area contributed by atoms with Crippen LogP contribution in [-0.2, 0) is 6.42 Å². The highest BCUT2D eigenvalue weighted by atomic mass is 32.1. The van der Waals surface area contributed by atoms with Crippen LogP contribution in [0.5, 0.6) is 0 Å². The van der Waals surface area contributed by atoms with Crippen molar-refractivity contribution in [1.82, 2.24) is 10.3 Å². The minimum atomic E-state index is -0.644. The van der Waals surface area contributed by atoms with E-state index in [9.17, 15) is 8.78 Å². The molecule has 124 valence electrons. The molecule has 0 aliphatic carbocycles. The van der Waals surface area contributed by atoms with Gasteiger partial charge in [0.05, 0.1) is 0 Å². The lowest BCUT2D eigenvalue weighted by atomic mass is 10.1. The van der Waals surface area contributed by atoms with E-state index in [0.29, 0.717) is 11.7 Å². The standard InChI is InChI=1S/C18H17F2N3S/c1-11-2-3-17-16(6-11)12(10-22-17)4-5-21-18(24)23-15-8-13(19)7-14(20)9-15/h2-3,6-10,22H,4-5H2,1H3,(H2,21,23,24). The van der Waals surface area contributed by atoms with Gasteiger partial charge in [-0.2, -0.15) is 0 Å². The summed E-state index contributed by atoms with van der Waals surface area (Å²) < 4.78 is 26.3. The van der Waals surface area contributed by atoms with Gasteiger partial charge < -0.3 is 15.6 Å². The molecule has 0 aliphatic heterocycles. The molecule has 0 spiro atoms. The van der Waals surface area contributed by atoms with Crippen molar-refractivity contribution in [3.05, 3.63) is 65.4 Å². The van der Waals surface area contributed by atoms with E-state index >= 15 is 0 Å². The third kappa shape index (κ3) is 3.89. The molecule has 0 unspecified atom stereocenters. The Morgan fingerprint density at radius 2 is 1.88 bits per heavy atom. The van der Waals surface area contributed by atoms with E-state index < -0.39 is 11.6 Å². The van der Waals surface area contributed by atoms with Crippen LogP contribution in [0.4, 0.5) is 14.5 Å². The van der Waals surface area contributed by atoms with Crippen molar-refractivity contribution in [2.45, 2.75) is 13.3 Å². The predicted molar refractivity (Wildman–Crippen MR) is 97.3 cm³/mol. The van der Waals surface area contributed by atoms with Crippen molar-refractivity contribution in [3.63, 3.8) is 0 Å². The zero-order valence-electron chi connectivity index (χ0n) is 13.1. The number of aromatic nitrogens is 1. The number of thiocarbonyl (C=S) groups is 1. The molecule has 24 heavy (non-hydrogen) atoms. The average molecular weight is 345 g/mol. The lowest BCUT2D eigenvalue weighted by Crippen LogP contribution is -2.30. The number of halogens is 2. The molecule has 6 heteroatoms. The largest absolute Gasteiger partial charge is 0.362 e. The van der Waals surface area contributed by atoms with Gasteiger partial charge in [0.25, 0.3) is 0 Å². The lowest BCUT2D eigenvalue weighted by molar-refractivity contribution is 0.584. The Bertz CT molecular complexity index is 869. The number of fused-ring (bicyclic) bond motifs is 1. The van der Waals surface area contributed by atoms with Crippen LogP contribution in [0.2, 0.25) is 0 Å². The van der Waals surface area contributed by atoms with E-state index in [4.69, 9.17) is 12.2 Å². The molecule has 0 bridgehead atoms. The van der Waals surface area contributed by atoms with Gasteiger partial charge in [-0.3, -0.25) is 0 Å². The second kappa shape index (κ2) is 6.97. The number of nitrogens with one attached hydrogen (secondary N) is 3. The highest BCUT2D eigenvalue weighted by molar-refractivity contribution is 7.80. The molecule has 1 heterocycles. The molecule has 0 saturated carbocycles. The van der Waals surface area contributed by atoms with Gasteiger partial charge in [-0.1, -0.05) is 11.6 Å². The highest BCUT2D eigenvalue weighted by Gasteiger charge is 2.05. The topological polar surface area (TPSA) is 39.9 Å². The maximum atomic E-state index is 13.2. The van der Waals surface area contributed by atoms with Crippen molar-refractivity contribution in [1.29, 1.82) is 0 Å². The van der Waals surface area contributed by atoms with Gasteiger partial charge in [0.2, 0.25) is 0 Å². The zero-order valence-corrected chi connectivity index (χ0v) is 13.9. The van der Waals surface area contributed by atoms with Crippen LogP contribution in [-0.4, -0.2) is 16.6 Å². The molecular weight excluding hydrogens is 328 g/mol. The molecule has 3 nitrogen and oxygen atoms in total. The van der Waals surface area contributed by atoms with E-state index in [1.165, 1.54) is 28.6 Å². The Morgan fingerprint density at radius 3 is 2.62 bits per heavy atom. The SMILES string of the molecule is Cc1ccc2[nH]cc(CCNC(=S)Nc3cc(F)cc(F)c3)c2c1. The molecule has 0 fully saturated rings. The second-order valence-electron chi connectivity index (χ2n) is 5.65. The number of anilines is 1. The Morgan fingerprint density at radius 1 is 1.12 bits per heavy atom. The van der Waals surface area contributed by atoms with Crippen molar-refractivity contribution in [2.75, 3.05) is 11.9 Å². The Kier molecular flexibility index (Phi) is 4.76. The summed E-state index contributed by atoms with van der Waals surface area (Å²) in [5.74, 6) is -1.29. The quantitative estimate of drug-likeness (QED) is 0.618. The molecule has 3 aromatic rings. The van der Waals surface area contributed by atoms with Crippen molar-refractivity contribution in [2.24, 2.45) is 0 Å². The number of aryl methyl sites for hydroxylation is 1. The minimum Gasteiger partial charge on any atom is -0.362 e. The lowest BCUT2D eigenvalue weighted by Gasteiger charge is -2.10. The van der Waals surface area contributed by atoms with Crippen molar-refractivity contribution in [3.8, 4) is 0 Å². The summed E-state index contributed by atoms with van der Waals surface area (Å²) >= 11 is 5.16. The molecule has 0 radical (unpaired) electrons. The molecule has 0 aliphatic rings. The summed E-state index contributed by atoms with van der Waals surface area (Å²) in [4.78, 5) is 3.25. The third-order valence-electron chi connectivity index (χ3n) is 3.72. The molecule has 2 aromatic carbocycles. The highest BCUT2D eigenvalue weighted by Crippen LogP contribution is 2.20. The molecule has 0 saturated heterocycles. The maximum absolute atomic E-state index is 13.2. The summed E-state index contributed by atoms with van der Waals surface area (Å²) in [5.41, 5.74) is 3.79. The minimum absolute atomic E-state index is 0.285. The van der Waals surface area contributed by atoms with Crippen LogP contribution in [0.25, 0.3) is 10.9 Å². The first kappa shape index (κ1) is 16.4. The first-order valence-electron chi connectivity index (χ1n) is 7.59. The van der Waals surface area contributed by atoms with Crippen LogP contribution in [0, 0.1) is 18.6 Å². The average Bonchev–Trinajstić information content (AvgIpc) is 2.88. The summed E-state index contributed by atoms with van der Waals surface area (Å²) in [6, 6.07) is 9.48. The fourth-order valence-corrected chi connectivity index (χ4v) is 2.83. The number of H-pyrrole nitrogens is 1. The Balaban J connectivity index is 1.57. The number of benzene rings is 2. The van der Waals surface area contributed by atoms with Crippen molar-refractivity contribution < 1.29 is 8.78 Å². The number of hydrogen-bond donors (Lipinski definition) is 3. The Labute approximate surface area is 144 Å². The summed E-state index contributed by atoms with van der Waals surface area (Å²) in [6.45, 7) is 2.68. The molecule has 0 amide bonds. The van der Waals surface area contributed by atoms with Crippen LogP contribution in [0.15, 0.2) is 42.6 Å². The van der Waals surface area contributed by atoms with E-state index in [1.54, 1.807) is 0 Å². The van der Waals surface area contributed by atoms with Gasteiger partial charge >= 0.3 is 0 Å². The summed E-state index contributed by atoms with van der Waals surface area (Å²) in [6.07, 6.45) is 2.77. The Hall–Kier alpha value is -2.47. The molecular formula is C18H17F2N3S. The van der Waals surface area contributed by atoms with E-state index in [-0.39, 0.29) is 5.69 Å². The summed E-state index contributed by atoms with van der Waals surface area (Å²) in [7, 11) is 0. The number of hydrogen-bond acceptors (Lipinski definition) is 1. The number of rotatable bonds is 4. The van der Waals surface area contributed by atoms with Gasteiger partial charge in [0.15, 0.2) is 5.11 Å². The van der Waals surface area contributed by atoms with Crippen LogP contribution >= 0.6 is 12.2 Å². The smallest absolute Gasteiger partial charge is 0.170 e. The zero-order chi connectivity index (χ0) is 17.1. The third-order valence-corrected chi connectivity index (χ3v) is 3.97. The fraction of sp³-hybridized carbons (Fsp3) is 0.167. The van der Waals surface area contributed by atoms with Gasteiger partial charge in [-0.15, -0.1) is 0 Å². The fourth-order valence-electron chi connectivity index (χ4n) is 2.61. The van der Waals surface area contributed by atoms with E-state index in [0.717, 1.165) is 18.0 Å². The van der Waals surface area contributed by atoms with Gasteiger partial charge in [0.1, 0.15) is 11.6 Å². The van der Waals surface area contributed by atoms with E-state index in [2.05, 4.69) is 40.7 Å². The van der Waals surface area contributed by atoms with Crippen molar-refractivity contribution >= 4 is 33.9 Å². The predicted octanol–water partition coefficient (Wildman–Crippen LogP) is 4.28. The number of aromatic amines is 1. The first-order chi connectivity index (χ1) is 11.5. The molecule has 0 atom stereocenters. The second-order valence-corrected chi connectivity index (χ2v) is 6.06. The molecule has 3 rings (SSSR count). The van der Waals surface area contributed by atoms with Gasteiger partial charge in [0, 0.05) is 35.4 Å².